The Bertz CT molecular complexity index is 529. The van der Waals surface area contributed by atoms with Gasteiger partial charge in [-0.05, 0) is 59.8 Å². The van der Waals surface area contributed by atoms with Crippen LogP contribution in [0.4, 0.5) is 5.69 Å². The molecule has 0 saturated heterocycles. The van der Waals surface area contributed by atoms with Crippen LogP contribution >= 0.6 is 15.9 Å². The fraction of sp³-hybridized carbons (Fsp3) is 0.538. The quantitative estimate of drug-likeness (QED) is 0.827. The standard InChI is InChI=1S/C13H21BrN2O2S/c1-9(2)4-5-10(3)16-13-7-6-11(8-12(13)14)19(15,17)18/h6-10,16H,4-5H2,1-3H3,(H2,15,17,18). The lowest BCUT2D eigenvalue weighted by atomic mass is 10.0. The molecule has 1 aromatic rings. The summed E-state index contributed by atoms with van der Waals surface area (Å²) in [4.78, 5) is 0.111. The molecule has 0 amide bonds. The topological polar surface area (TPSA) is 72.2 Å². The third-order valence-electron chi connectivity index (χ3n) is 2.85. The SMILES string of the molecule is CC(C)CCC(C)Nc1ccc(S(N)(=O)=O)cc1Br. The smallest absolute Gasteiger partial charge is 0.238 e. The molecular weight excluding hydrogens is 328 g/mol. The highest BCUT2D eigenvalue weighted by Crippen LogP contribution is 2.26. The summed E-state index contributed by atoms with van der Waals surface area (Å²) in [5.41, 5.74) is 0.878. The molecular formula is C13H21BrN2O2S. The monoisotopic (exact) mass is 348 g/mol. The fourth-order valence-corrected chi connectivity index (χ4v) is 2.90. The molecule has 0 aliphatic heterocycles. The molecule has 0 radical (unpaired) electrons. The van der Waals surface area contributed by atoms with Gasteiger partial charge in [0.15, 0.2) is 0 Å². The van der Waals surface area contributed by atoms with Gasteiger partial charge in [-0.3, -0.25) is 0 Å². The molecule has 0 aromatic heterocycles. The summed E-state index contributed by atoms with van der Waals surface area (Å²) in [5.74, 6) is 0.678. The van der Waals surface area contributed by atoms with Gasteiger partial charge >= 0.3 is 0 Å². The van der Waals surface area contributed by atoms with Crippen molar-refractivity contribution >= 4 is 31.6 Å². The van der Waals surface area contributed by atoms with Crippen LogP contribution in [0.25, 0.3) is 0 Å². The molecule has 1 rings (SSSR count). The summed E-state index contributed by atoms with van der Waals surface area (Å²) in [7, 11) is -3.65. The Morgan fingerprint density at radius 3 is 2.37 bits per heavy atom. The summed E-state index contributed by atoms with van der Waals surface area (Å²) in [6.45, 7) is 6.51. The second kappa shape index (κ2) is 6.72. The Kier molecular flexibility index (Phi) is 5.82. The van der Waals surface area contributed by atoms with Gasteiger partial charge in [0.1, 0.15) is 0 Å². The summed E-state index contributed by atoms with van der Waals surface area (Å²) >= 11 is 3.37. The molecule has 0 fully saturated rings. The average molecular weight is 349 g/mol. The number of sulfonamides is 1. The molecule has 1 aromatic carbocycles. The van der Waals surface area contributed by atoms with Gasteiger partial charge < -0.3 is 5.32 Å². The minimum absolute atomic E-state index is 0.111. The molecule has 19 heavy (non-hydrogen) atoms. The number of hydrogen-bond acceptors (Lipinski definition) is 3. The van der Waals surface area contributed by atoms with Crippen molar-refractivity contribution in [3.05, 3.63) is 22.7 Å². The highest BCUT2D eigenvalue weighted by Gasteiger charge is 2.11. The van der Waals surface area contributed by atoms with Crippen molar-refractivity contribution in [2.24, 2.45) is 11.1 Å². The third-order valence-corrected chi connectivity index (χ3v) is 4.42. The highest BCUT2D eigenvalue weighted by atomic mass is 79.9. The van der Waals surface area contributed by atoms with Gasteiger partial charge in [-0.1, -0.05) is 13.8 Å². The largest absolute Gasteiger partial charge is 0.382 e. The van der Waals surface area contributed by atoms with E-state index in [2.05, 4.69) is 42.0 Å². The van der Waals surface area contributed by atoms with Crippen LogP contribution in [-0.2, 0) is 10.0 Å². The second-order valence-corrected chi connectivity index (χ2v) is 7.62. The number of hydrogen-bond donors (Lipinski definition) is 2. The Morgan fingerprint density at radius 2 is 1.89 bits per heavy atom. The van der Waals surface area contributed by atoms with E-state index in [1.807, 2.05) is 0 Å². The number of halogens is 1. The van der Waals surface area contributed by atoms with Crippen LogP contribution in [0.1, 0.15) is 33.6 Å². The van der Waals surface area contributed by atoms with Crippen molar-refractivity contribution in [2.45, 2.75) is 44.6 Å². The number of primary sulfonamides is 1. The zero-order chi connectivity index (χ0) is 14.6. The molecule has 0 saturated carbocycles. The number of nitrogens with one attached hydrogen (secondary N) is 1. The van der Waals surface area contributed by atoms with Crippen LogP contribution in [0, 0.1) is 5.92 Å². The fourth-order valence-electron chi connectivity index (χ4n) is 1.71. The van der Waals surface area contributed by atoms with Crippen molar-refractivity contribution in [1.29, 1.82) is 0 Å². The van der Waals surface area contributed by atoms with Crippen LogP contribution < -0.4 is 10.5 Å². The molecule has 0 aliphatic carbocycles. The molecule has 0 bridgehead atoms. The molecule has 0 spiro atoms. The van der Waals surface area contributed by atoms with Gasteiger partial charge in [-0.15, -0.1) is 0 Å². The van der Waals surface area contributed by atoms with Crippen LogP contribution in [-0.4, -0.2) is 14.5 Å². The van der Waals surface area contributed by atoms with Gasteiger partial charge in [0, 0.05) is 16.2 Å². The molecule has 1 unspecified atom stereocenters. The maximum absolute atomic E-state index is 11.2. The minimum atomic E-state index is -3.65. The van der Waals surface area contributed by atoms with Gasteiger partial charge in [0.2, 0.25) is 10.0 Å². The minimum Gasteiger partial charge on any atom is -0.382 e. The van der Waals surface area contributed by atoms with Gasteiger partial charge in [0.05, 0.1) is 4.90 Å². The number of rotatable bonds is 6. The highest BCUT2D eigenvalue weighted by molar-refractivity contribution is 9.10. The molecule has 0 heterocycles. The van der Waals surface area contributed by atoms with Crippen molar-refractivity contribution in [1.82, 2.24) is 0 Å². The van der Waals surface area contributed by atoms with Crippen LogP contribution in [0.3, 0.4) is 0 Å². The summed E-state index contributed by atoms with van der Waals surface area (Å²) in [5, 5.41) is 8.45. The van der Waals surface area contributed by atoms with E-state index >= 15 is 0 Å². The van der Waals surface area contributed by atoms with Crippen molar-refractivity contribution in [3.8, 4) is 0 Å². The van der Waals surface area contributed by atoms with Gasteiger partial charge in [-0.2, -0.15) is 0 Å². The van der Waals surface area contributed by atoms with E-state index in [1.165, 1.54) is 12.1 Å². The van der Waals surface area contributed by atoms with E-state index in [0.717, 1.165) is 18.5 Å². The van der Waals surface area contributed by atoms with Crippen molar-refractivity contribution in [3.63, 3.8) is 0 Å². The lowest BCUT2D eigenvalue weighted by Gasteiger charge is -2.17. The van der Waals surface area contributed by atoms with Gasteiger partial charge in [-0.25, -0.2) is 13.6 Å². The zero-order valence-corrected chi connectivity index (χ0v) is 13.9. The summed E-state index contributed by atoms with van der Waals surface area (Å²) < 4.78 is 23.2. The zero-order valence-electron chi connectivity index (χ0n) is 11.5. The molecule has 3 N–H and O–H groups in total. The van der Waals surface area contributed by atoms with E-state index in [1.54, 1.807) is 6.07 Å². The molecule has 108 valence electrons. The van der Waals surface area contributed by atoms with Crippen molar-refractivity contribution < 1.29 is 8.42 Å². The predicted molar refractivity (Wildman–Crippen MR) is 82.7 cm³/mol. The third kappa shape index (κ3) is 5.50. The first-order chi connectivity index (χ1) is 8.70. The average Bonchev–Trinajstić information content (AvgIpc) is 2.27. The summed E-state index contributed by atoms with van der Waals surface area (Å²) in [6, 6.07) is 5.10. The molecule has 6 heteroatoms. The van der Waals surface area contributed by atoms with Crippen LogP contribution in [0.15, 0.2) is 27.6 Å². The number of anilines is 1. The first kappa shape index (κ1) is 16.5. The Morgan fingerprint density at radius 1 is 1.26 bits per heavy atom. The van der Waals surface area contributed by atoms with Crippen molar-refractivity contribution in [2.75, 3.05) is 5.32 Å². The maximum Gasteiger partial charge on any atom is 0.238 e. The van der Waals surface area contributed by atoms with Crippen LogP contribution in [0.2, 0.25) is 0 Å². The second-order valence-electron chi connectivity index (χ2n) is 5.20. The van der Waals surface area contributed by atoms with E-state index in [0.29, 0.717) is 16.4 Å². The Hall–Kier alpha value is -0.590. The maximum atomic E-state index is 11.2. The normalized spacial score (nSPS) is 13.6. The van der Waals surface area contributed by atoms with Gasteiger partial charge in [0.25, 0.3) is 0 Å². The predicted octanol–water partition coefficient (Wildman–Crippen LogP) is 3.33. The van der Waals surface area contributed by atoms with E-state index in [4.69, 9.17) is 5.14 Å². The Labute approximate surface area is 124 Å². The summed E-state index contributed by atoms with van der Waals surface area (Å²) in [6.07, 6.45) is 2.22. The number of benzene rings is 1. The van der Waals surface area contributed by atoms with E-state index in [9.17, 15) is 8.42 Å². The lowest BCUT2D eigenvalue weighted by molar-refractivity contribution is 0.527. The molecule has 1 atom stereocenters. The molecule has 0 aliphatic rings. The van der Waals surface area contributed by atoms with E-state index < -0.39 is 10.0 Å². The lowest BCUT2D eigenvalue weighted by Crippen LogP contribution is -2.17. The molecule has 4 nitrogen and oxygen atoms in total. The van der Waals surface area contributed by atoms with Crippen LogP contribution in [0.5, 0.6) is 0 Å². The Balaban J connectivity index is 2.75. The number of nitrogens with two attached hydrogens (primary N) is 1. The first-order valence-electron chi connectivity index (χ1n) is 6.29. The first-order valence-corrected chi connectivity index (χ1v) is 8.63. The van der Waals surface area contributed by atoms with E-state index in [-0.39, 0.29) is 4.90 Å².